The second-order valence-corrected chi connectivity index (χ2v) is 7.60. The lowest BCUT2D eigenvalue weighted by Crippen LogP contribution is -2.36. The Kier molecular flexibility index (Phi) is 8.77. The smallest absolute Gasteiger partial charge is 0.414 e. The van der Waals surface area contributed by atoms with Crippen LogP contribution in [0.2, 0.25) is 5.02 Å². The van der Waals surface area contributed by atoms with Gasteiger partial charge in [0.1, 0.15) is 11.8 Å². The van der Waals surface area contributed by atoms with E-state index in [9.17, 15) is 4.79 Å². The van der Waals surface area contributed by atoms with Crippen molar-refractivity contribution in [1.82, 2.24) is 10.3 Å². The summed E-state index contributed by atoms with van der Waals surface area (Å²) in [7, 11) is 0. The highest BCUT2D eigenvalue weighted by Crippen LogP contribution is 2.33. The lowest BCUT2D eigenvalue weighted by atomic mass is 10.0. The fourth-order valence-corrected chi connectivity index (χ4v) is 2.93. The maximum Gasteiger partial charge on any atom is 0.414 e. The molecule has 0 bridgehead atoms. The van der Waals surface area contributed by atoms with Gasteiger partial charge >= 0.3 is 11.9 Å². The molecule has 166 valence electrons. The van der Waals surface area contributed by atoms with Gasteiger partial charge in [0.05, 0.1) is 18.5 Å². The SMILES string of the molecule is CC(C)CNCC(=O)N1N=C(c2ccc(Cl)cc2)CC1c1ccco1.O=C(O)C(=O)O. The lowest BCUT2D eigenvalue weighted by Gasteiger charge is -2.20. The number of rotatable bonds is 6. The van der Waals surface area contributed by atoms with Gasteiger partial charge in [0.15, 0.2) is 0 Å². The summed E-state index contributed by atoms with van der Waals surface area (Å²) in [5, 5.41) is 24.8. The first-order valence-corrected chi connectivity index (χ1v) is 9.92. The van der Waals surface area contributed by atoms with E-state index in [0.717, 1.165) is 23.6 Å². The summed E-state index contributed by atoms with van der Waals surface area (Å²) in [4.78, 5) is 30.9. The third-order valence-corrected chi connectivity index (χ3v) is 4.48. The van der Waals surface area contributed by atoms with Crippen LogP contribution in [0, 0.1) is 5.92 Å². The summed E-state index contributed by atoms with van der Waals surface area (Å²) < 4.78 is 5.54. The molecule has 10 heteroatoms. The zero-order valence-electron chi connectivity index (χ0n) is 17.1. The van der Waals surface area contributed by atoms with Crippen molar-refractivity contribution in [3.63, 3.8) is 0 Å². The van der Waals surface area contributed by atoms with Gasteiger partial charge in [-0.2, -0.15) is 5.10 Å². The minimum atomic E-state index is -1.82. The van der Waals surface area contributed by atoms with Crippen molar-refractivity contribution in [2.75, 3.05) is 13.1 Å². The van der Waals surface area contributed by atoms with Gasteiger partial charge in [-0.1, -0.05) is 37.6 Å². The topological polar surface area (TPSA) is 132 Å². The first-order chi connectivity index (χ1) is 14.7. The molecule has 0 saturated heterocycles. The molecular weight excluding hydrogens is 426 g/mol. The molecule has 3 rings (SSSR count). The van der Waals surface area contributed by atoms with E-state index in [1.165, 1.54) is 5.01 Å². The second kappa shape index (κ2) is 11.3. The summed E-state index contributed by atoms with van der Waals surface area (Å²) in [5.41, 5.74) is 1.82. The zero-order chi connectivity index (χ0) is 23.0. The summed E-state index contributed by atoms with van der Waals surface area (Å²) >= 11 is 5.96. The predicted molar refractivity (Wildman–Crippen MR) is 114 cm³/mol. The zero-order valence-corrected chi connectivity index (χ0v) is 17.9. The second-order valence-electron chi connectivity index (χ2n) is 7.16. The molecule has 1 unspecified atom stereocenters. The van der Waals surface area contributed by atoms with Gasteiger partial charge in [0, 0.05) is 11.4 Å². The van der Waals surface area contributed by atoms with Gasteiger partial charge in [0.2, 0.25) is 0 Å². The molecule has 1 aromatic heterocycles. The number of hydrazone groups is 1. The van der Waals surface area contributed by atoms with Crippen molar-refractivity contribution in [3.05, 3.63) is 59.0 Å². The summed E-state index contributed by atoms with van der Waals surface area (Å²) in [6.45, 7) is 5.26. The first kappa shape index (κ1) is 24.1. The van der Waals surface area contributed by atoms with Crippen LogP contribution < -0.4 is 5.32 Å². The summed E-state index contributed by atoms with van der Waals surface area (Å²) in [6, 6.07) is 11.0. The van der Waals surface area contributed by atoms with Crippen molar-refractivity contribution in [2.24, 2.45) is 11.0 Å². The van der Waals surface area contributed by atoms with E-state index in [2.05, 4.69) is 24.3 Å². The number of benzene rings is 1. The molecule has 1 amide bonds. The van der Waals surface area contributed by atoms with Crippen LogP contribution >= 0.6 is 11.6 Å². The molecule has 2 heterocycles. The van der Waals surface area contributed by atoms with Crippen molar-refractivity contribution in [3.8, 4) is 0 Å². The lowest BCUT2D eigenvalue weighted by molar-refractivity contribution is -0.159. The predicted octanol–water partition coefficient (Wildman–Crippen LogP) is 3.01. The number of carbonyl (C=O) groups excluding carboxylic acids is 1. The van der Waals surface area contributed by atoms with Gasteiger partial charge in [-0.25, -0.2) is 14.6 Å². The maximum atomic E-state index is 12.7. The van der Waals surface area contributed by atoms with E-state index in [0.29, 0.717) is 17.4 Å². The van der Waals surface area contributed by atoms with Crippen LogP contribution in [0.4, 0.5) is 0 Å². The molecule has 0 fully saturated rings. The summed E-state index contributed by atoms with van der Waals surface area (Å²) in [5.74, 6) is -2.48. The van der Waals surface area contributed by atoms with Crippen LogP contribution in [0.15, 0.2) is 52.2 Å². The molecule has 9 nitrogen and oxygen atoms in total. The maximum absolute atomic E-state index is 12.7. The molecule has 0 radical (unpaired) electrons. The van der Waals surface area contributed by atoms with E-state index in [1.54, 1.807) is 6.26 Å². The first-order valence-electron chi connectivity index (χ1n) is 9.54. The van der Waals surface area contributed by atoms with E-state index in [-0.39, 0.29) is 18.5 Å². The molecular formula is C21H24ClN3O6. The number of nitrogens with zero attached hydrogens (tertiary/aromatic N) is 2. The van der Waals surface area contributed by atoms with Crippen molar-refractivity contribution < 1.29 is 29.0 Å². The normalized spacial score (nSPS) is 15.3. The highest BCUT2D eigenvalue weighted by molar-refractivity contribution is 6.30. The monoisotopic (exact) mass is 449 g/mol. The Morgan fingerprint density at radius 3 is 2.35 bits per heavy atom. The Morgan fingerprint density at radius 1 is 1.19 bits per heavy atom. The van der Waals surface area contributed by atoms with Crippen molar-refractivity contribution >= 4 is 35.2 Å². The van der Waals surface area contributed by atoms with Gasteiger partial charge in [-0.15, -0.1) is 0 Å². The number of halogens is 1. The molecule has 3 N–H and O–H groups in total. The van der Waals surface area contributed by atoms with Crippen LogP contribution in [-0.2, 0) is 14.4 Å². The summed E-state index contributed by atoms with van der Waals surface area (Å²) in [6.07, 6.45) is 2.24. The quantitative estimate of drug-likeness (QED) is 0.577. The van der Waals surface area contributed by atoms with Gasteiger partial charge < -0.3 is 19.9 Å². The van der Waals surface area contributed by atoms with Gasteiger partial charge in [0.25, 0.3) is 5.91 Å². The molecule has 1 aromatic carbocycles. The minimum Gasteiger partial charge on any atom is -0.473 e. The molecule has 1 aliphatic rings. The average molecular weight is 450 g/mol. The van der Waals surface area contributed by atoms with Crippen LogP contribution in [-0.4, -0.2) is 51.9 Å². The van der Waals surface area contributed by atoms with Gasteiger partial charge in [-0.05, 0) is 42.3 Å². The van der Waals surface area contributed by atoms with E-state index < -0.39 is 11.9 Å². The van der Waals surface area contributed by atoms with Crippen LogP contribution in [0.3, 0.4) is 0 Å². The number of hydrogen-bond donors (Lipinski definition) is 3. The highest BCUT2D eigenvalue weighted by Gasteiger charge is 2.34. The average Bonchev–Trinajstić information content (AvgIpc) is 3.38. The van der Waals surface area contributed by atoms with Crippen molar-refractivity contribution in [1.29, 1.82) is 0 Å². The number of carbonyl (C=O) groups is 3. The Morgan fingerprint density at radius 2 is 1.84 bits per heavy atom. The molecule has 0 spiro atoms. The number of furan rings is 1. The number of carboxylic acid groups (broad SMARTS) is 2. The molecule has 31 heavy (non-hydrogen) atoms. The third kappa shape index (κ3) is 7.23. The minimum absolute atomic E-state index is 0.0639. The molecule has 1 aliphatic heterocycles. The molecule has 1 atom stereocenters. The van der Waals surface area contributed by atoms with E-state index in [1.807, 2.05) is 36.4 Å². The Labute approximate surface area is 184 Å². The Bertz CT molecular complexity index is 913. The standard InChI is InChI=1S/C19H22ClN3O2.C2H2O4/c1-13(2)11-21-12-19(24)23-17(18-4-3-9-25-18)10-16(22-23)14-5-7-15(20)8-6-14;3-1(4)2(5)6/h3-9,13,17,21H,10-12H2,1-2H3;(H,3,4)(H,5,6). The Hall–Kier alpha value is -3.17. The Balaban J connectivity index is 0.000000501. The van der Waals surface area contributed by atoms with Crippen LogP contribution in [0.5, 0.6) is 0 Å². The number of nitrogens with one attached hydrogen (secondary N) is 1. The molecule has 0 aliphatic carbocycles. The molecule has 0 saturated carbocycles. The highest BCUT2D eigenvalue weighted by atomic mass is 35.5. The largest absolute Gasteiger partial charge is 0.473 e. The number of carboxylic acids is 2. The third-order valence-electron chi connectivity index (χ3n) is 4.23. The number of amides is 1. The fourth-order valence-electron chi connectivity index (χ4n) is 2.81. The van der Waals surface area contributed by atoms with Gasteiger partial charge in [-0.3, -0.25) is 4.79 Å². The van der Waals surface area contributed by atoms with Crippen LogP contribution in [0.1, 0.15) is 37.6 Å². The molecule has 2 aromatic rings. The van der Waals surface area contributed by atoms with E-state index >= 15 is 0 Å². The number of hydrogen-bond acceptors (Lipinski definition) is 6. The fraction of sp³-hybridized carbons (Fsp3) is 0.333. The van der Waals surface area contributed by atoms with Crippen molar-refractivity contribution in [2.45, 2.75) is 26.3 Å². The van der Waals surface area contributed by atoms with E-state index in [4.69, 9.17) is 35.8 Å². The number of aliphatic carboxylic acids is 2. The van der Waals surface area contributed by atoms with Crippen LogP contribution in [0.25, 0.3) is 0 Å².